The zero-order valence-corrected chi connectivity index (χ0v) is 15.8. The summed E-state index contributed by atoms with van der Waals surface area (Å²) < 4.78 is 11.6. The summed E-state index contributed by atoms with van der Waals surface area (Å²) in [6.07, 6.45) is 3.32. The van der Waals surface area contributed by atoms with Crippen LogP contribution in [0.25, 0.3) is 0 Å². The van der Waals surface area contributed by atoms with Gasteiger partial charge in [0.05, 0.1) is 13.2 Å². The number of anilines is 2. The molecule has 4 rings (SSSR count). The summed E-state index contributed by atoms with van der Waals surface area (Å²) in [5.74, 6) is 0.289. The van der Waals surface area contributed by atoms with Crippen LogP contribution in [0.15, 0.2) is 36.5 Å². The molecule has 1 aromatic heterocycles. The van der Waals surface area contributed by atoms with E-state index in [1.54, 1.807) is 12.3 Å². The standard InChI is InChI=1S/C21H25N3O3/c1-15-4-3-5-16(2)19(15)23-20(25)17-6-9-22-18(14-17)24-10-7-21(8-11-24)26-12-13-27-21/h3-6,9,14H,7-8,10-13H2,1-2H3,(H,23,25). The fourth-order valence-electron chi connectivity index (χ4n) is 3.79. The van der Waals surface area contributed by atoms with Gasteiger partial charge in [-0.1, -0.05) is 18.2 Å². The monoisotopic (exact) mass is 367 g/mol. The molecular weight excluding hydrogens is 342 g/mol. The number of hydrogen-bond donors (Lipinski definition) is 1. The van der Waals surface area contributed by atoms with Crippen molar-refractivity contribution in [2.45, 2.75) is 32.5 Å². The van der Waals surface area contributed by atoms with E-state index in [1.165, 1.54) is 0 Å². The van der Waals surface area contributed by atoms with Gasteiger partial charge in [-0.15, -0.1) is 0 Å². The van der Waals surface area contributed by atoms with Crippen molar-refractivity contribution < 1.29 is 14.3 Å². The molecule has 0 bridgehead atoms. The molecule has 0 unspecified atom stereocenters. The Kier molecular flexibility index (Phi) is 4.85. The minimum absolute atomic E-state index is 0.119. The lowest BCUT2D eigenvalue weighted by atomic mass is 10.0. The Morgan fingerprint density at radius 2 is 1.78 bits per heavy atom. The summed E-state index contributed by atoms with van der Waals surface area (Å²) in [5.41, 5.74) is 3.58. The highest BCUT2D eigenvalue weighted by molar-refractivity contribution is 6.05. The van der Waals surface area contributed by atoms with Gasteiger partial charge in [-0.2, -0.15) is 0 Å². The molecule has 2 aromatic rings. The topological polar surface area (TPSA) is 63.7 Å². The first-order valence-corrected chi connectivity index (χ1v) is 9.43. The van der Waals surface area contributed by atoms with Crippen molar-refractivity contribution in [3.05, 3.63) is 53.2 Å². The van der Waals surface area contributed by atoms with E-state index < -0.39 is 5.79 Å². The molecule has 2 fully saturated rings. The van der Waals surface area contributed by atoms with Crippen molar-refractivity contribution >= 4 is 17.4 Å². The Balaban J connectivity index is 1.47. The Labute approximate surface area is 159 Å². The summed E-state index contributed by atoms with van der Waals surface area (Å²) >= 11 is 0. The van der Waals surface area contributed by atoms with Crippen LogP contribution < -0.4 is 10.2 Å². The van der Waals surface area contributed by atoms with Gasteiger partial charge in [0.2, 0.25) is 0 Å². The minimum Gasteiger partial charge on any atom is -0.356 e. The fraction of sp³-hybridized carbons (Fsp3) is 0.429. The molecule has 6 nitrogen and oxygen atoms in total. The SMILES string of the molecule is Cc1cccc(C)c1NC(=O)c1ccnc(N2CCC3(CC2)OCCO3)c1. The van der Waals surface area contributed by atoms with Gasteiger partial charge in [0, 0.05) is 43.4 Å². The van der Waals surface area contributed by atoms with E-state index in [2.05, 4.69) is 15.2 Å². The molecule has 0 aliphatic carbocycles. The molecule has 27 heavy (non-hydrogen) atoms. The van der Waals surface area contributed by atoms with Gasteiger partial charge in [0.15, 0.2) is 5.79 Å². The first kappa shape index (κ1) is 17.9. The summed E-state index contributed by atoms with van der Waals surface area (Å²) in [6, 6.07) is 9.60. The van der Waals surface area contributed by atoms with Gasteiger partial charge in [-0.25, -0.2) is 4.98 Å². The molecule has 6 heteroatoms. The third-order valence-corrected chi connectivity index (χ3v) is 5.39. The molecule has 2 aliphatic rings. The molecule has 1 aromatic carbocycles. The number of aryl methyl sites for hydroxylation is 2. The van der Waals surface area contributed by atoms with Crippen LogP contribution in [0.1, 0.15) is 34.3 Å². The Bertz CT molecular complexity index is 816. The van der Waals surface area contributed by atoms with E-state index in [0.717, 1.165) is 48.6 Å². The van der Waals surface area contributed by atoms with Crippen molar-refractivity contribution in [2.75, 3.05) is 36.5 Å². The number of para-hydroxylation sites is 1. The molecule has 2 saturated heterocycles. The van der Waals surface area contributed by atoms with Crippen LogP contribution in [0.4, 0.5) is 11.5 Å². The highest BCUT2D eigenvalue weighted by atomic mass is 16.7. The third-order valence-electron chi connectivity index (χ3n) is 5.39. The van der Waals surface area contributed by atoms with Crippen LogP contribution in [0.3, 0.4) is 0 Å². The molecule has 142 valence electrons. The predicted molar refractivity (Wildman–Crippen MR) is 104 cm³/mol. The highest BCUT2D eigenvalue weighted by Gasteiger charge is 2.40. The maximum absolute atomic E-state index is 12.8. The summed E-state index contributed by atoms with van der Waals surface area (Å²) in [5, 5.41) is 3.04. The number of carbonyl (C=O) groups excluding carboxylic acids is 1. The number of nitrogens with zero attached hydrogens (tertiary/aromatic N) is 2. The van der Waals surface area contributed by atoms with E-state index in [4.69, 9.17) is 9.47 Å². The number of nitrogens with one attached hydrogen (secondary N) is 1. The van der Waals surface area contributed by atoms with Crippen molar-refractivity contribution in [2.24, 2.45) is 0 Å². The third kappa shape index (κ3) is 3.68. The number of pyridine rings is 1. The number of amides is 1. The molecular formula is C21H25N3O3. The average Bonchev–Trinajstić information content (AvgIpc) is 3.13. The van der Waals surface area contributed by atoms with Crippen molar-refractivity contribution in [3.63, 3.8) is 0 Å². The predicted octanol–water partition coefficient (Wildman–Crippen LogP) is 3.29. The maximum atomic E-state index is 12.8. The molecule has 0 atom stereocenters. The van der Waals surface area contributed by atoms with Gasteiger partial charge < -0.3 is 19.7 Å². The van der Waals surface area contributed by atoms with E-state index in [9.17, 15) is 4.79 Å². The van der Waals surface area contributed by atoms with Crippen LogP contribution >= 0.6 is 0 Å². The van der Waals surface area contributed by atoms with Crippen molar-refractivity contribution in [1.82, 2.24) is 4.98 Å². The number of aromatic nitrogens is 1. The molecule has 0 saturated carbocycles. The normalized spacial score (nSPS) is 18.7. The Morgan fingerprint density at radius 1 is 1.11 bits per heavy atom. The minimum atomic E-state index is -0.409. The highest BCUT2D eigenvalue weighted by Crippen LogP contribution is 2.32. The lowest BCUT2D eigenvalue weighted by molar-refractivity contribution is -0.169. The molecule has 1 spiro atoms. The molecule has 0 radical (unpaired) electrons. The number of piperidine rings is 1. The van der Waals surface area contributed by atoms with E-state index in [1.807, 2.05) is 38.1 Å². The fourth-order valence-corrected chi connectivity index (χ4v) is 3.79. The second-order valence-corrected chi connectivity index (χ2v) is 7.22. The Morgan fingerprint density at radius 3 is 2.44 bits per heavy atom. The number of ether oxygens (including phenoxy) is 2. The van der Waals surface area contributed by atoms with Gasteiger partial charge in [-0.3, -0.25) is 4.79 Å². The number of rotatable bonds is 3. The van der Waals surface area contributed by atoms with Crippen LogP contribution in [-0.2, 0) is 9.47 Å². The van der Waals surface area contributed by atoms with Crippen molar-refractivity contribution in [3.8, 4) is 0 Å². The molecule has 2 aliphatic heterocycles. The maximum Gasteiger partial charge on any atom is 0.255 e. The van der Waals surface area contributed by atoms with Gasteiger partial charge in [0.1, 0.15) is 5.82 Å². The summed E-state index contributed by atoms with van der Waals surface area (Å²) in [4.78, 5) is 19.4. The smallest absolute Gasteiger partial charge is 0.255 e. The Hall–Kier alpha value is -2.44. The van der Waals surface area contributed by atoms with Crippen LogP contribution in [-0.4, -0.2) is 43.0 Å². The first-order valence-electron chi connectivity index (χ1n) is 9.43. The van der Waals surface area contributed by atoms with E-state index in [-0.39, 0.29) is 5.91 Å². The largest absolute Gasteiger partial charge is 0.356 e. The van der Waals surface area contributed by atoms with Crippen molar-refractivity contribution in [1.29, 1.82) is 0 Å². The number of carbonyl (C=O) groups is 1. The van der Waals surface area contributed by atoms with Gasteiger partial charge in [0.25, 0.3) is 5.91 Å². The van der Waals surface area contributed by atoms with Gasteiger partial charge in [-0.05, 0) is 37.1 Å². The molecule has 3 heterocycles. The zero-order chi connectivity index (χ0) is 18.9. The van der Waals surface area contributed by atoms with E-state index >= 15 is 0 Å². The van der Waals surface area contributed by atoms with Crippen LogP contribution in [0.5, 0.6) is 0 Å². The summed E-state index contributed by atoms with van der Waals surface area (Å²) in [6.45, 7) is 6.94. The van der Waals surface area contributed by atoms with Crippen LogP contribution in [0.2, 0.25) is 0 Å². The molecule has 1 N–H and O–H groups in total. The lowest BCUT2D eigenvalue weighted by Gasteiger charge is -2.38. The number of hydrogen-bond acceptors (Lipinski definition) is 5. The zero-order valence-electron chi connectivity index (χ0n) is 15.8. The van der Waals surface area contributed by atoms with E-state index in [0.29, 0.717) is 18.8 Å². The molecule has 1 amide bonds. The van der Waals surface area contributed by atoms with Crippen LogP contribution in [0, 0.1) is 13.8 Å². The average molecular weight is 367 g/mol. The number of benzene rings is 1. The quantitative estimate of drug-likeness (QED) is 0.902. The summed E-state index contributed by atoms with van der Waals surface area (Å²) in [7, 11) is 0. The first-order chi connectivity index (χ1) is 13.1. The lowest BCUT2D eigenvalue weighted by Crippen LogP contribution is -2.45. The second-order valence-electron chi connectivity index (χ2n) is 7.22. The van der Waals surface area contributed by atoms with Gasteiger partial charge >= 0.3 is 0 Å². The second kappa shape index (κ2) is 7.29.